The first-order chi connectivity index (χ1) is 10.0. The van der Waals surface area contributed by atoms with Gasteiger partial charge in [-0.3, -0.25) is 0 Å². The zero-order valence-electron chi connectivity index (χ0n) is 12.1. The molecule has 0 radical (unpaired) electrons. The molecule has 0 aliphatic rings. The zero-order valence-corrected chi connectivity index (χ0v) is 13.7. The van der Waals surface area contributed by atoms with E-state index < -0.39 is 26.1 Å². The van der Waals surface area contributed by atoms with E-state index in [1.807, 2.05) is 0 Å². The van der Waals surface area contributed by atoms with Crippen LogP contribution in [0.3, 0.4) is 0 Å². The summed E-state index contributed by atoms with van der Waals surface area (Å²) in [5, 5.41) is 9.78. The number of nitrogens with two attached hydrogens (primary N) is 1. The standard InChI is InChI=1S/C11H18N4O5S2/c1-15(2)21(17,18)8-7-13-11(16)14-9-3-5-10(6-4-9)22(12,19)20/h3-6H,7-8H2,1-2H3,(H2,12,19,20)(H2,13,14,16). The summed E-state index contributed by atoms with van der Waals surface area (Å²) in [4.78, 5) is 11.5. The molecule has 0 heterocycles. The highest BCUT2D eigenvalue weighted by Crippen LogP contribution is 2.12. The molecule has 0 fully saturated rings. The lowest BCUT2D eigenvalue weighted by atomic mass is 10.3. The molecule has 2 amide bonds. The number of primary sulfonamides is 1. The SMILES string of the molecule is CN(C)S(=O)(=O)CCNC(=O)Nc1ccc(S(N)(=O)=O)cc1. The van der Waals surface area contributed by atoms with E-state index in [2.05, 4.69) is 10.6 Å². The number of anilines is 1. The molecule has 0 bridgehead atoms. The van der Waals surface area contributed by atoms with Crippen LogP contribution in [0.5, 0.6) is 0 Å². The molecule has 11 heteroatoms. The van der Waals surface area contributed by atoms with E-state index in [0.717, 1.165) is 4.31 Å². The lowest BCUT2D eigenvalue weighted by Gasteiger charge is -2.12. The van der Waals surface area contributed by atoms with Crippen molar-refractivity contribution in [1.29, 1.82) is 0 Å². The highest BCUT2D eigenvalue weighted by molar-refractivity contribution is 7.89. The van der Waals surface area contributed by atoms with E-state index >= 15 is 0 Å². The molecule has 1 aromatic rings. The number of amides is 2. The Hall–Kier alpha value is -1.69. The minimum Gasteiger partial charge on any atom is -0.337 e. The number of nitrogens with one attached hydrogen (secondary N) is 2. The highest BCUT2D eigenvalue weighted by atomic mass is 32.2. The summed E-state index contributed by atoms with van der Waals surface area (Å²) in [7, 11) is -4.35. The van der Waals surface area contributed by atoms with Gasteiger partial charge >= 0.3 is 6.03 Å². The molecular formula is C11H18N4O5S2. The number of carbonyl (C=O) groups is 1. The Morgan fingerprint density at radius 2 is 1.68 bits per heavy atom. The summed E-state index contributed by atoms with van der Waals surface area (Å²) in [5.41, 5.74) is 0.348. The number of hydrogen-bond acceptors (Lipinski definition) is 5. The molecule has 0 spiro atoms. The predicted octanol–water partition coefficient (Wildman–Crippen LogP) is -0.653. The van der Waals surface area contributed by atoms with Gasteiger partial charge < -0.3 is 10.6 Å². The van der Waals surface area contributed by atoms with Crippen LogP contribution in [-0.4, -0.2) is 53.6 Å². The fourth-order valence-electron chi connectivity index (χ4n) is 1.38. The molecule has 22 heavy (non-hydrogen) atoms. The van der Waals surface area contributed by atoms with Gasteiger partial charge in [-0.25, -0.2) is 31.1 Å². The number of urea groups is 1. The first kappa shape index (κ1) is 18.4. The molecule has 0 aliphatic heterocycles. The Bertz CT molecular complexity index is 726. The van der Waals surface area contributed by atoms with E-state index in [9.17, 15) is 21.6 Å². The quantitative estimate of drug-likeness (QED) is 0.625. The normalized spacial score (nSPS) is 12.2. The van der Waals surface area contributed by atoms with Crippen LogP contribution in [0.2, 0.25) is 0 Å². The van der Waals surface area contributed by atoms with Crippen molar-refractivity contribution in [3.05, 3.63) is 24.3 Å². The second kappa shape index (κ2) is 7.05. The van der Waals surface area contributed by atoms with Crippen molar-refractivity contribution in [3.63, 3.8) is 0 Å². The summed E-state index contributed by atoms with van der Waals surface area (Å²) in [6, 6.07) is 4.65. The van der Waals surface area contributed by atoms with E-state index in [4.69, 9.17) is 5.14 Å². The molecule has 0 aliphatic carbocycles. The third-order valence-electron chi connectivity index (χ3n) is 2.64. The average molecular weight is 350 g/mol. The second-order valence-electron chi connectivity index (χ2n) is 4.55. The van der Waals surface area contributed by atoms with Gasteiger partial charge in [0, 0.05) is 26.3 Å². The first-order valence-corrected chi connectivity index (χ1v) is 9.26. The Kier molecular flexibility index (Phi) is 5.88. The summed E-state index contributed by atoms with van der Waals surface area (Å²) >= 11 is 0. The molecule has 124 valence electrons. The predicted molar refractivity (Wildman–Crippen MR) is 82.3 cm³/mol. The van der Waals surface area contributed by atoms with Crippen LogP contribution >= 0.6 is 0 Å². The van der Waals surface area contributed by atoms with Crippen LogP contribution in [0.25, 0.3) is 0 Å². The molecule has 0 atom stereocenters. The monoisotopic (exact) mass is 350 g/mol. The smallest absolute Gasteiger partial charge is 0.319 e. The van der Waals surface area contributed by atoms with Gasteiger partial charge in [0.05, 0.1) is 10.6 Å². The summed E-state index contributed by atoms with van der Waals surface area (Å²) in [6.45, 7) is -0.0540. The summed E-state index contributed by atoms with van der Waals surface area (Å²) < 4.78 is 46.2. The summed E-state index contributed by atoms with van der Waals surface area (Å²) in [6.07, 6.45) is 0. The van der Waals surface area contributed by atoms with E-state index in [1.165, 1.54) is 38.4 Å². The molecule has 4 N–H and O–H groups in total. The fraction of sp³-hybridized carbons (Fsp3) is 0.364. The zero-order chi connectivity index (χ0) is 17.0. The Morgan fingerprint density at radius 3 is 2.14 bits per heavy atom. The molecule has 0 unspecified atom stereocenters. The lowest BCUT2D eigenvalue weighted by Crippen LogP contribution is -2.36. The van der Waals surface area contributed by atoms with Crippen molar-refractivity contribution in [2.75, 3.05) is 31.7 Å². The Morgan fingerprint density at radius 1 is 1.14 bits per heavy atom. The van der Waals surface area contributed by atoms with Gasteiger partial charge in [-0.05, 0) is 24.3 Å². The molecule has 0 saturated heterocycles. The van der Waals surface area contributed by atoms with Crippen LogP contribution in [0, 0.1) is 0 Å². The second-order valence-corrected chi connectivity index (χ2v) is 8.41. The lowest BCUT2D eigenvalue weighted by molar-refractivity contribution is 0.252. The van der Waals surface area contributed by atoms with Crippen molar-refractivity contribution in [2.45, 2.75) is 4.90 Å². The van der Waals surface area contributed by atoms with Crippen LogP contribution in [0.4, 0.5) is 10.5 Å². The van der Waals surface area contributed by atoms with Gasteiger partial charge in [0.15, 0.2) is 0 Å². The van der Waals surface area contributed by atoms with Gasteiger partial charge in [0.2, 0.25) is 20.0 Å². The molecule has 9 nitrogen and oxygen atoms in total. The Balaban J connectivity index is 2.53. The van der Waals surface area contributed by atoms with E-state index in [1.54, 1.807) is 0 Å². The third-order valence-corrected chi connectivity index (χ3v) is 5.40. The molecule has 0 saturated carbocycles. The maximum atomic E-state index is 11.6. The highest BCUT2D eigenvalue weighted by Gasteiger charge is 2.13. The van der Waals surface area contributed by atoms with E-state index in [-0.39, 0.29) is 17.2 Å². The van der Waals surface area contributed by atoms with Gasteiger partial charge in [-0.2, -0.15) is 0 Å². The van der Waals surface area contributed by atoms with Gasteiger partial charge in [0.1, 0.15) is 0 Å². The van der Waals surface area contributed by atoms with Crippen LogP contribution in [-0.2, 0) is 20.0 Å². The fourth-order valence-corrected chi connectivity index (χ4v) is 2.62. The van der Waals surface area contributed by atoms with Gasteiger partial charge in [-0.15, -0.1) is 0 Å². The topological polar surface area (TPSA) is 139 Å². The number of nitrogens with zero attached hydrogens (tertiary/aromatic N) is 1. The third kappa shape index (κ3) is 5.60. The van der Waals surface area contributed by atoms with Crippen molar-refractivity contribution >= 4 is 31.8 Å². The molecule has 1 aromatic carbocycles. The van der Waals surface area contributed by atoms with Gasteiger partial charge in [0.25, 0.3) is 0 Å². The van der Waals surface area contributed by atoms with Crippen molar-refractivity contribution in [1.82, 2.24) is 9.62 Å². The molecular weight excluding hydrogens is 332 g/mol. The maximum Gasteiger partial charge on any atom is 0.319 e. The maximum absolute atomic E-state index is 11.6. The van der Waals surface area contributed by atoms with Crippen molar-refractivity contribution in [2.24, 2.45) is 5.14 Å². The first-order valence-electron chi connectivity index (χ1n) is 6.10. The summed E-state index contributed by atoms with van der Waals surface area (Å²) in [5.74, 6) is -0.224. The van der Waals surface area contributed by atoms with Crippen molar-refractivity contribution in [3.8, 4) is 0 Å². The van der Waals surface area contributed by atoms with Crippen LogP contribution in [0.1, 0.15) is 0 Å². The number of rotatable bonds is 6. The molecule has 0 aromatic heterocycles. The molecule has 1 rings (SSSR count). The number of carbonyl (C=O) groups excluding carboxylic acids is 1. The number of benzene rings is 1. The average Bonchev–Trinajstić information content (AvgIpc) is 2.37. The number of hydrogen-bond donors (Lipinski definition) is 3. The van der Waals surface area contributed by atoms with Crippen molar-refractivity contribution < 1.29 is 21.6 Å². The van der Waals surface area contributed by atoms with Crippen LogP contribution in [0.15, 0.2) is 29.2 Å². The number of sulfonamides is 2. The van der Waals surface area contributed by atoms with Gasteiger partial charge in [-0.1, -0.05) is 0 Å². The van der Waals surface area contributed by atoms with E-state index in [0.29, 0.717) is 5.69 Å². The minimum absolute atomic E-state index is 0.0540. The van der Waals surface area contributed by atoms with Crippen LogP contribution < -0.4 is 15.8 Å². The largest absolute Gasteiger partial charge is 0.337 e. The minimum atomic E-state index is -3.79. The Labute approximate surface area is 129 Å².